The summed E-state index contributed by atoms with van der Waals surface area (Å²) in [7, 11) is 0. The van der Waals surface area contributed by atoms with Gasteiger partial charge in [-0.3, -0.25) is 4.57 Å². The van der Waals surface area contributed by atoms with E-state index in [1.54, 1.807) is 4.57 Å². The van der Waals surface area contributed by atoms with Crippen LogP contribution in [-0.4, -0.2) is 9.55 Å². The molecule has 0 aliphatic heterocycles. The van der Waals surface area contributed by atoms with Gasteiger partial charge in [-0.05, 0) is 25.5 Å². The first-order valence-electron chi connectivity index (χ1n) is 5.26. The van der Waals surface area contributed by atoms with Gasteiger partial charge in [0.25, 0.3) is 0 Å². The van der Waals surface area contributed by atoms with Crippen LogP contribution in [0.1, 0.15) is 17.0 Å². The number of nitrogens with zero attached hydrogens (tertiary/aromatic N) is 2. The van der Waals surface area contributed by atoms with Crippen molar-refractivity contribution in [3.63, 3.8) is 0 Å². The quantitative estimate of drug-likeness (QED) is 0.820. The molecule has 1 heterocycles. The Kier molecular flexibility index (Phi) is 4.46. The Hall–Kier alpha value is -1.61. The molecule has 4 heteroatoms. The van der Waals surface area contributed by atoms with Crippen LogP contribution in [0.5, 0.6) is 0 Å². The van der Waals surface area contributed by atoms with Crippen molar-refractivity contribution >= 4 is 12.4 Å². The van der Waals surface area contributed by atoms with E-state index in [2.05, 4.69) is 4.98 Å². The molecule has 3 nitrogen and oxygen atoms in total. The van der Waals surface area contributed by atoms with Crippen LogP contribution in [0.25, 0.3) is 0 Å². The van der Waals surface area contributed by atoms with Gasteiger partial charge in [0.1, 0.15) is 0 Å². The van der Waals surface area contributed by atoms with E-state index in [1.165, 1.54) is 0 Å². The molecule has 0 atom stereocenters. The highest BCUT2D eigenvalue weighted by Gasteiger charge is 2.03. The van der Waals surface area contributed by atoms with E-state index in [9.17, 15) is 4.79 Å². The van der Waals surface area contributed by atoms with Crippen LogP contribution >= 0.6 is 12.4 Å². The summed E-state index contributed by atoms with van der Waals surface area (Å²) < 4.78 is 1.68. The van der Waals surface area contributed by atoms with E-state index in [-0.39, 0.29) is 18.1 Å². The second-order valence-corrected chi connectivity index (χ2v) is 3.89. The number of aromatic nitrogens is 2. The summed E-state index contributed by atoms with van der Waals surface area (Å²) in [5.41, 5.74) is 2.65. The fourth-order valence-corrected chi connectivity index (χ4v) is 1.73. The predicted octanol–water partition coefficient (Wildman–Crippen LogP) is 2.33. The molecule has 0 radical (unpaired) electrons. The molecule has 17 heavy (non-hydrogen) atoms. The Morgan fingerprint density at radius 1 is 1.18 bits per heavy atom. The molecule has 2 aromatic rings. The van der Waals surface area contributed by atoms with E-state index in [0.717, 1.165) is 17.0 Å². The number of rotatable bonds is 2. The average molecular weight is 251 g/mol. The van der Waals surface area contributed by atoms with Gasteiger partial charge < -0.3 is 0 Å². The maximum absolute atomic E-state index is 11.7. The minimum atomic E-state index is -0.179. The molecule has 0 bridgehead atoms. The molecule has 0 N–H and O–H groups in total. The predicted molar refractivity (Wildman–Crippen MR) is 70.8 cm³/mol. The van der Waals surface area contributed by atoms with E-state index in [4.69, 9.17) is 0 Å². The molecule has 0 amide bonds. The third kappa shape index (κ3) is 3.17. The summed E-state index contributed by atoms with van der Waals surface area (Å²) in [6.07, 6.45) is 0. The largest absolute Gasteiger partial charge is 0.348 e. The van der Waals surface area contributed by atoms with E-state index >= 15 is 0 Å². The van der Waals surface area contributed by atoms with E-state index in [1.807, 2.05) is 50.2 Å². The molecule has 2 rings (SSSR count). The van der Waals surface area contributed by atoms with Crippen LogP contribution in [0.3, 0.4) is 0 Å². The van der Waals surface area contributed by atoms with Crippen molar-refractivity contribution in [3.05, 3.63) is 63.8 Å². The van der Waals surface area contributed by atoms with Crippen molar-refractivity contribution in [1.29, 1.82) is 0 Å². The molecule has 0 aliphatic rings. The normalized spacial score (nSPS) is 9.76. The highest BCUT2D eigenvalue weighted by Crippen LogP contribution is 2.03. The lowest BCUT2D eigenvalue weighted by atomic mass is 10.2. The molecule has 90 valence electrons. The highest BCUT2D eigenvalue weighted by atomic mass is 35.5. The third-order valence-electron chi connectivity index (χ3n) is 2.53. The summed E-state index contributed by atoms with van der Waals surface area (Å²) in [5, 5.41) is 0. The Labute approximate surface area is 107 Å². The molecule has 0 spiro atoms. The van der Waals surface area contributed by atoms with Gasteiger partial charge in [0.05, 0.1) is 6.54 Å². The summed E-state index contributed by atoms with van der Waals surface area (Å²) >= 11 is 0. The number of halogens is 1. The van der Waals surface area contributed by atoms with E-state index in [0.29, 0.717) is 6.54 Å². The van der Waals surface area contributed by atoms with Crippen LogP contribution in [0.2, 0.25) is 0 Å². The summed E-state index contributed by atoms with van der Waals surface area (Å²) in [6, 6.07) is 11.8. The minimum absolute atomic E-state index is 0. The molecular formula is C13H15ClN2O. The van der Waals surface area contributed by atoms with Crippen molar-refractivity contribution in [1.82, 2.24) is 9.55 Å². The standard InChI is InChI=1S/C13H14N2O.ClH/c1-10-8-11(2)15(13(16)14-10)9-12-6-4-3-5-7-12;/h3-8H,9H2,1-2H3;1H. The van der Waals surface area contributed by atoms with E-state index < -0.39 is 0 Å². The summed E-state index contributed by atoms with van der Waals surface area (Å²) in [4.78, 5) is 15.7. The summed E-state index contributed by atoms with van der Waals surface area (Å²) in [5.74, 6) is 0. The first kappa shape index (κ1) is 13.5. The van der Waals surface area contributed by atoms with Crippen molar-refractivity contribution in [2.75, 3.05) is 0 Å². The van der Waals surface area contributed by atoms with Crippen molar-refractivity contribution in [2.45, 2.75) is 20.4 Å². The molecule has 0 aliphatic carbocycles. The lowest BCUT2D eigenvalue weighted by Crippen LogP contribution is -2.26. The lowest BCUT2D eigenvalue weighted by Gasteiger charge is -2.09. The van der Waals surface area contributed by atoms with Gasteiger partial charge in [0.15, 0.2) is 0 Å². The minimum Gasteiger partial charge on any atom is -0.292 e. The van der Waals surface area contributed by atoms with Crippen molar-refractivity contribution < 1.29 is 0 Å². The fraction of sp³-hybridized carbons (Fsp3) is 0.231. The molecule has 1 aromatic carbocycles. The molecule has 0 unspecified atom stereocenters. The van der Waals surface area contributed by atoms with Crippen molar-refractivity contribution in [2.24, 2.45) is 0 Å². The zero-order chi connectivity index (χ0) is 11.5. The Balaban J connectivity index is 0.00000144. The number of hydrogen-bond acceptors (Lipinski definition) is 2. The van der Waals surface area contributed by atoms with Crippen LogP contribution in [0.4, 0.5) is 0 Å². The van der Waals surface area contributed by atoms with Gasteiger partial charge in [0, 0.05) is 11.4 Å². The number of benzene rings is 1. The van der Waals surface area contributed by atoms with Crippen LogP contribution < -0.4 is 5.69 Å². The van der Waals surface area contributed by atoms with Gasteiger partial charge in [0.2, 0.25) is 0 Å². The topological polar surface area (TPSA) is 34.9 Å². The second kappa shape index (κ2) is 5.64. The highest BCUT2D eigenvalue weighted by molar-refractivity contribution is 5.85. The first-order valence-corrected chi connectivity index (χ1v) is 5.26. The van der Waals surface area contributed by atoms with Crippen molar-refractivity contribution in [3.8, 4) is 0 Å². The first-order chi connectivity index (χ1) is 7.66. The zero-order valence-electron chi connectivity index (χ0n) is 9.88. The van der Waals surface area contributed by atoms with Gasteiger partial charge in [-0.25, -0.2) is 4.79 Å². The molecule has 0 saturated carbocycles. The summed E-state index contributed by atoms with van der Waals surface area (Å²) in [6.45, 7) is 4.35. The van der Waals surface area contributed by atoms with Gasteiger partial charge >= 0.3 is 5.69 Å². The Morgan fingerprint density at radius 2 is 1.82 bits per heavy atom. The maximum Gasteiger partial charge on any atom is 0.348 e. The van der Waals surface area contributed by atoms with Gasteiger partial charge in [-0.2, -0.15) is 4.98 Å². The molecule has 1 aromatic heterocycles. The van der Waals surface area contributed by atoms with Gasteiger partial charge in [-0.15, -0.1) is 12.4 Å². The number of hydrogen-bond donors (Lipinski definition) is 0. The zero-order valence-corrected chi connectivity index (χ0v) is 10.7. The SMILES string of the molecule is Cc1cc(C)n(Cc2ccccc2)c(=O)n1.Cl. The van der Waals surface area contributed by atoms with Crippen LogP contribution in [0.15, 0.2) is 41.2 Å². The monoisotopic (exact) mass is 250 g/mol. The fourth-order valence-electron chi connectivity index (χ4n) is 1.73. The second-order valence-electron chi connectivity index (χ2n) is 3.89. The average Bonchev–Trinajstić information content (AvgIpc) is 2.25. The molecule has 0 saturated heterocycles. The Bertz CT molecular complexity index is 549. The van der Waals surface area contributed by atoms with Crippen LogP contribution in [-0.2, 0) is 6.54 Å². The lowest BCUT2D eigenvalue weighted by molar-refractivity contribution is 0.694. The molecule has 0 fully saturated rings. The third-order valence-corrected chi connectivity index (χ3v) is 2.53. The molecular weight excluding hydrogens is 236 g/mol. The van der Waals surface area contributed by atoms with Gasteiger partial charge in [-0.1, -0.05) is 30.3 Å². The smallest absolute Gasteiger partial charge is 0.292 e. The van der Waals surface area contributed by atoms with Crippen LogP contribution in [0, 0.1) is 13.8 Å². The number of aryl methyl sites for hydroxylation is 2. The maximum atomic E-state index is 11.7. The Morgan fingerprint density at radius 3 is 2.41 bits per heavy atom.